The molecule has 0 aliphatic heterocycles. The number of hydrogen-bond acceptors (Lipinski definition) is 6. The molecule has 0 amide bonds. The van der Waals surface area contributed by atoms with Gasteiger partial charge < -0.3 is 4.90 Å². The second-order valence-electron chi connectivity index (χ2n) is 4.86. The van der Waals surface area contributed by atoms with Crippen LogP contribution >= 0.6 is 22.7 Å². The minimum Gasteiger partial charge on any atom is -0.358 e. The Labute approximate surface area is 131 Å². The van der Waals surface area contributed by atoms with Gasteiger partial charge in [0.2, 0.25) is 0 Å². The molecule has 5 nitrogen and oxygen atoms in total. The Balaban J connectivity index is 2.26. The van der Waals surface area contributed by atoms with Crippen molar-refractivity contribution in [3.05, 3.63) is 43.4 Å². The predicted molar refractivity (Wildman–Crippen MR) is 86.9 cm³/mol. The average Bonchev–Trinajstić information content (AvgIpc) is 3.06. The minimum absolute atomic E-state index is 0.00531. The summed E-state index contributed by atoms with van der Waals surface area (Å²) < 4.78 is 0. The molecule has 0 saturated heterocycles. The Kier molecular flexibility index (Phi) is 4.74. The van der Waals surface area contributed by atoms with E-state index < -0.39 is 4.92 Å². The van der Waals surface area contributed by atoms with Crippen molar-refractivity contribution in [3.63, 3.8) is 0 Å². The van der Waals surface area contributed by atoms with E-state index >= 15 is 0 Å². The summed E-state index contributed by atoms with van der Waals surface area (Å²) in [4.78, 5) is 25.8. The Bertz CT molecular complexity index is 649. The van der Waals surface area contributed by atoms with Crippen molar-refractivity contribution >= 4 is 39.1 Å². The van der Waals surface area contributed by atoms with E-state index in [0.717, 1.165) is 6.42 Å². The number of likely N-dealkylation sites (N-methyl/N-ethyl adjacent to an activating group) is 1. The highest BCUT2D eigenvalue weighted by Gasteiger charge is 2.26. The van der Waals surface area contributed by atoms with Crippen molar-refractivity contribution < 1.29 is 9.72 Å². The topological polar surface area (TPSA) is 63.4 Å². The monoisotopic (exact) mass is 324 g/mol. The highest BCUT2D eigenvalue weighted by Crippen LogP contribution is 2.38. The quantitative estimate of drug-likeness (QED) is 0.458. The summed E-state index contributed by atoms with van der Waals surface area (Å²) >= 11 is 2.86. The number of Topliss-reactive ketones (excluding diaryl/α,β-unsaturated/α-hetero) is 1. The number of carbonyl (C=O) groups excluding carboxylic acids is 1. The molecule has 2 heterocycles. The van der Waals surface area contributed by atoms with E-state index in [-0.39, 0.29) is 17.5 Å². The van der Waals surface area contributed by atoms with E-state index in [9.17, 15) is 14.9 Å². The molecule has 2 aromatic heterocycles. The highest BCUT2D eigenvalue weighted by molar-refractivity contribution is 7.18. The molecule has 2 rings (SSSR count). The Morgan fingerprint density at radius 3 is 2.76 bits per heavy atom. The second-order valence-corrected chi connectivity index (χ2v) is 6.92. The van der Waals surface area contributed by atoms with Crippen molar-refractivity contribution in [2.24, 2.45) is 0 Å². The number of hydrogen-bond donors (Lipinski definition) is 0. The molecule has 7 heteroatoms. The van der Waals surface area contributed by atoms with Gasteiger partial charge in [-0.15, -0.1) is 22.7 Å². The molecule has 1 atom stereocenters. The molecule has 0 bridgehead atoms. The van der Waals surface area contributed by atoms with Gasteiger partial charge in [0, 0.05) is 30.5 Å². The van der Waals surface area contributed by atoms with Crippen LogP contribution < -0.4 is 4.90 Å². The number of thiophene rings is 2. The third-order valence-electron chi connectivity index (χ3n) is 3.30. The van der Waals surface area contributed by atoms with Crippen LogP contribution in [-0.2, 0) is 6.42 Å². The summed E-state index contributed by atoms with van der Waals surface area (Å²) in [5.74, 6) is -0.145. The number of carbonyl (C=O) groups is 1. The molecule has 0 saturated carbocycles. The van der Waals surface area contributed by atoms with Crippen molar-refractivity contribution in [2.45, 2.75) is 26.3 Å². The summed E-state index contributed by atoms with van der Waals surface area (Å²) in [7, 11) is 1.83. The number of rotatable bonds is 6. The lowest BCUT2D eigenvalue weighted by molar-refractivity contribution is -0.383. The normalized spacial score (nSPS) is 12.1. The average molecular weight is 324 g/mol. The molecule has 0 fully saturated rings. The first-order valence-electron chi connectivity index (χ1n) is 6.44. The molecule has 0 aliphatic carbocycles. The van der Waals surface area contributed by atoms with E-state index in [0.29, 0.717) is 9.88 Å². The van der Waals surface area contributed by atoms with Crippen molar-refractivity contribution in [3.8, 4) is 0 Å². The Morgan fingerprint density at radius 1 is 1.52 bits per heavy atom. The van der Waals surface area contributed by atoms with Gasteiger partial charge in [0.25, 0.3) is 0 Å². The first-order valence-corrected chi connectivity index (χ1v) is 8.14. The van der Waals surface area contributed by atoms with Crippen LogP contribution in [0.2, 0.25) is 0 Å². The molecule has 21 heavy (non-hydrogen) atoms. The first kappa shape index (κ1) is 15.7. The van der Waals surface area contributed by atoms with E-state index in [1.807, 2.05) is 30.3 Å². The Morgan fingerprint density at radius 2 is 2.24 bits per heavy atom. The zero-order valence-electron chi connectivity index (χ0n) is 12.0. The molecular formula is C14H16N2O3S2. The van der Waals surface area contributed by atoms with Gasteiger partial charge in [0.05, 0.1) is 9.80 Å². The summed E-state index contributed by atoms with van der Waals surface area (Å²) in [5, 5.41) is 13.7. The molecule has 0 aliphatic rings. The maximum atomic E-state index is 11.5. The van der Waals surface area contributed by atoms with Gasteiger partial charge >= 0.3 is 5.69 Å². The maximum absolute atomic E-state index is 11.5. The molecule has 2 aromatic rings. The van der Waals surface area contributed by atoms with Crippen LogP contribution in [0, 0.1) is 10.1 Å². The lowest BCUT2D eigenvalue weighted by atomic mass is 10.2. The van der Waals surface area contributed by atoms with E-state index in [2.05, 4.69) is 6.07 Å². The lowest BCUT2D eigenvalue weighted by Gasteiger charge is -2.24. The third-order valence-corrected chi connectivity index (χ3v) is 5.51. The Hall–Kier alpha value is -1.73. The summed E-state index contributed by atoms with van der Waals surface area (Å²) in [6, 6.07) is 5.53. The van der Waals surface area contributed by atoms with Crippen LogP contribution in [-0.4, -0.2) is 23.8 Å². The van der Waals surface area contributed by atoms with E-state index in [1.165, 1.54) is 29.2 Å². The highest BCUT2D eigenvalue weighted by atomic mass is 32.1. The summed E-state index contributed by atoms with van der Waals surface area (Å²) in [6.07, 6.45) is 0.818. The zero-order valence-corrected chi connectivity index (χ0v) is 13.7. The van der Waals surface area contributed by atoms with Crippen LogP contribution in [0.25, 0.3) is 0 Å². The van der Waals surface area contributed by atoms with Crippen LogP contribution in [0.1, 0.15) is 28.4 Å². The first-order chi connectivity index (χ1) is 9.90. The fourth-order valence-corrected chi connectivity index (χ4v) is 3.90. The third kappa shape index (κ3) is 3.48. The fourth-order valence-electron chi connectivity index (χ4n) is 1.99. The SMILES string of the molecule is CC(=O)c1cc([N+](=O)[O-])c(N(C)C(C)Cc2cccs2)s1. The molecule has 0 N–H and O–H groups in total. The van der Waals surface area contributed by atoms with E-state index in [1.54, 1.807) is 11.3 Å². The van der Waals surface area contributed by atoms with Gasteiger partial charge in [-0.3, -0.25) is 14.9 Å². The van der Waals surface area contributed by atoms with Gasteiger partial charge in [0.1, 0.15) is 0 Å². The van der Waals surface area contributed by atoms with Crippen LogP contribution in [0.4, 0.5) is 10.7 Å². The van der Waals surface area contributed by atoms with Gasteiger partial charge in [-0.2, -0.15) is 0 Å². The lowest BCUT2D eigenvalue weighted by Crippen LogP contribution is -2.30. The second kappa shape index (κ2) is 6.36. The van der Waals surface area contributed by atoms with Crippen LogP contribution in [0.15, 0.2) is 23.6 Å². The smallest absolute Gasteiger partial charge is 0.304 e. The molecule has 1 unspecified atom stereocenters. The number of nitro groups is 1. The molecule has 112 valence electrons. The minimum atomic E-state index is -0.424. The molecule has 0 spiro atoms. The largest absolute Gasteiger partial charge is 0.358 e. The predicted octanol–water partition coefficient (Wildman–Crippen LogP) is 3.99. The van der Waals surface area contributed by atoms with Gasteiger partial charge in [-0.25, -0.2) is 0 Å². The summed E-state index contributed by atoms with van der Waals surface area (Å²) in [5.41, 5.74) is 0.00531. The van der Waals surface area contributed by atoms with Crippen molar-refractivity contribution in [1.29, 1.82) is 0 Å². The van der Waals surface area contributed by atoms with Crippen molar-refractivity contribution in [1.82, 2.24) is 0 Å². The van der Waals surface area contributed by atoms with E-state index in [4.69, 9.17) is 0 Å². The van der Waals surface area contributed by atoms with Gasteiger partial charge in [-0.05, 0) is 25.3 Å². The molecule has 0 aromatic carbocycles. The van der Waals surface area contributed by atoms with Crippen LogP contribution in [0.3, 0.4) is 0 Å². The number of nitrogens with zero attached hydrogens (tertiary/aromatic N) is 2. The number of anilines is 1. The van der Waals surface area contributed by atoms with Crippen molar-refractivity contribution in [2.75, 3.05) is 11.9 Å². The molecular weight excluding hydrogens is 308 g/mol. The van der Waals surface area contributed by atoms with Gasteiger partial charge in [0.15, 0.2) is 10.8 Å². The van der Waals surface area contributed by atoms with Gasteiger partial charge in [-0.1, -0.05) is 6.07 Å². The molecule has 0 radical (unpaired) electrons. The fraction of sp³-hybridized carbons (Fsp3) is 0.357. The summed E-state index contributed by atoms with van der Waals surface area (Å²) in [6.45, 7) is 3.45. The standard InChI is InChI=1S/C14H16N2O3S2/c1-9(7-11-5-4-6-20-11)15(3)14-12(16(18)19)8-13(21-14)10(2)17/h4-6,8-9H,7H2,1-3H3. The number of ketones is 1. The van der Waals surface area contributed by atoms with Crippen LogP contribution in [0.5, 0.6) is 0 Å². The zero-order chi connectivity index (χ0) is 15.6. The maximum Gasteiger partial charge on any atom is 0.304 e.